The predicted molar refractivity (Wildman–Crippen MR) is 99.0 cm³/mol. The third kappa shape index (κ3) is 4.62. The normalized spacial score (nSPS) is 11.8. The lowest BCUT2D eigenvalue weighted by atomic mass is 10.1. The number of hydrazine groups is 1. The van der Waals surface area contributed by atoms with Crippen molar-refractivity contribution in [2.75, 3.05) is 6.54 Å². The van der Waals surface area contributed by atoms with E-state index in [0.29, 0.717) is 0 Å². The van der Waals surface area contributed by atoms with E-state index in [4.69, 9.17) is 4.42 Å². The fraction of sp³-hybridized carbons (Fsp3) is 0.211. The smallest absolute Gasteiger partial charge is 0.305 e. The average Bonchev–Trinajstić information content (AvgIpc) is 3.36. The standard InChI is InChI=1S/C19H21N5O3/c1-13(15-5-7-16(8-6-15)24-10-9-20-14(24)2)21-12-18(25)22-23-19(26)17-4-3-11-27-17/h3-11,13,21H,12H2,1-2H3,(H,22,25)(H,23,26)/t13-/m0/s1. The molecule has 2 aromatic heterocycles. The quantitative estimate of drug-likeness (QED) is 0.578. The zero-order valence-electron chi connectivity index (χ0n) is 15.1. The summed E-state index contributed by atoms with van der Waals surface area (Å²) in [4.78, 5) is 27.8. The van der Waals surface area contributed by atoms with Crippen LogP contribution in [-0.2, 0) is 4.79 Å². The van der Waals surface area contributed by atoms with Crippen LogP contribution in [0.15, 0.2) is 59.5 Å². The number of amides is 2. The molecule has 8 heteroatoms. The first kappa shape index (κ1) is 18.4. The minimum atomic E-state index is -0.508. The highest BCUT2D eigenvalue weighted by molar-refractivity contribution is 5.93. The molecule has 0 spiro atoms. The number of benzene rings is 1. The maximum absolute atomic E-state index is 11.9. The molecule has 27 heavy (non-hydrogen) atoms. The lowest BCUT2D eigenvalue weighted by Crippen LogP contribution is -2.45. The van der Waals surface area contributed by atoms with Crippen molar-refractivity contribution >= 4 is 11.8 Å². The number of carbonyl (C=O) groups is 2. The third-order valence-corrected chi connectivity index (χ3v) is 4.13. The molecule has 3 rings (SSSR count). The molecule has 3 N–H and O–H groups in total. The predicted octanol–water partition coefficient (Wildman–Crippen LogP) is 1.89. The van der Waals surface area contributed by atoms with Crippen LogP contribution in [0.25, 0.3) is 5.69 Å². The molecule has 2 heterocycles. The second-order valence-corrected chi connectivity index (χ2v) is 6.02. The van der Waals surface area contributed by atoms with Crippen LogP contribution in [0.5, 0.6) is 0 Å². The van der Waals surface area contributed by atoms with E-state index < -0.39 is 5.91 Å². The van der Waals surface area contributed by atoms with E-state index in [1.807, 2.05) is 48.9 Å². The molecular weight excluding hydrogens is 346 g/mol. The molecule has 0 unspecified atom stereocenters. The van der Waals surface area contributed by atoms with Gasteiger partial charge in [-0.15, -0.1) is 0 Å². The number of nitrogens with zero attached hydrogens (tertiary/aromatic N) is 2. The summed E-state index contributed by atoms with van der Waals surface area (Å²) in [5.41, 5.74) is 6.71. The Kier molecular flexibility index (Phi) is 5.68. The summed E-state index contributed by atoms with van der Waals surface area (Å²) in [5, 5.41) is 3.12. The van der Waals surface area contributed by atoms with Crippen LogP contribution in [0.1, 0.15) is 34.9 Å². The Morgan fingerprint density at radius 1 is 1.19 bits per heavy atom. The lowest BCUT2D eigenvalue weighted by molar-refractivity contribution is -0.121. The van der Waals surface area contributed by atoms with E-state index in [9.17, 15) is 9.59 Å². The van der Waals surface area contributed by atoms with Gasteiger partial charge in [0.15, 0.2) is 5.76 Å². The second kappa shape index (κ2) is 8.33. The SMILES string of the molecule is Cc1nccn1-c1ccc([C@H](C)NCC(=O)NNC(=O)c2ccco2)cc1. The van der Waals surface area contributed by atoms with Gasteiger partial charge in [-0.05, 0) is 43.7 Å². The largest absolute Gasteiger partial charge is 0.459 e. The van der Waals surface area contributed by atoms with Crippen LogP contribution in [-0.4, -0.2) is 27.9 Å². The monoisotopic (exact) mass is 367 g/mol. The number of furan rings is 1. The van der Waals surface area contributed by atoms with E-state index in [2.05, 4.69) is 21.2 Å². The van der Waals surface area contributed by atoms with Crippen molar-refractivity contribution in [3.63, 3.8) is 0 Å². The maximum Gasteiger partial charge on any atom is 0.305 e. The van der Waals surface area contributed by atoms with Crippen LogP contribution < -0.4 is 16.2 Å². The number of rotatable bonds is 6. The third-order valence-electron chi connectivity index (χ3n) is 4.13. The zero-order chi connectivity index (χ0) is 19.2. The van der Waals surface area contributed by atoms with Gasteiger partial charge in [-0.1, -0.05) is 12.1 Å². The van der Waals surface area contributed by atoms with Crippen molar-refractivity contribution in [3.8, 4) is 5.69 Å². The maximum atomic E-state index is 11.9. The molecule has 1 aromatic carbocycles. The van der Waals surface area contributed by atoms with Gasteiger partial charge in [0.2, 0.25) is 0 Å². The first-order valence-electron chi connectivity index (χ1n) is 8.51. The molecule has 0 bridgehead atoms. The lowest BCUT2D eigenvalue weighted by Gasteiger charge is -2.15. The molecule has 0 aliphatic carbocycles. The van der Waals surface area contributed by atoms with Crippen LogP contribution in [0.2, 0.25) is 0 Å². The zero-order valence-corrected chi connectivity index (χ0v) is 15.1. The van der Waals surface area contributed by atoms with E-state index in [1.54, 1.807) is 12.3 Å². The van der Waals surface area contributed by atoms with Gasteiger partial charge in [0.1, 0.15) is 5.82 Å². The number of aromatic nitrogens is 2. The number of hydrogen-bond acceptors (Lipinski definition) is 5. The number of carbonyl (C=O) groups excluding carboxylic acids is 2. The highest BCUT2D eigenvalue weighted by atomic mass is 16.3. The molecule has 0 radical (unpaired) electrons. The summed E-state index contributed by atoms with van der Waals surface area (Å²) in [6.07, 6.45) is 5.06. The van der Waals surface area contributed by atoms with Gasteiger partial charge in [-0.25, -0.2) is 4.98 Å². The number of hydrogen-bond donors (Lipinski definition) is 3. The average molecular weight is 367 g/mol. The molecule has 0 saturated carbocycles. The van der Waals surface area contributed by atoms with Gasteiger partial charge in [0.05, 0.1) is 12.8 Å². The van der Waals surface area contributed by atoms with E-state index in [0.717, 1.165) is 17.1 Å². The number of nitrogens with one attached hydrogen (secondary N) is 3. The van der Waals surface area contributed by atoms with Gasteiger partial charge in [-0.2, -0.15) is 0 Å². The highest BCUT2D eigenvalue weighted by Crippen LogP contribution is 2.16. The fourth-order valence-electron chi connectivity index (χ4n) is 2.58. The minimum absolute atomic E-state index is 0.0329. The Morgan fingerprint density at radius 3 is 2.59 bits per heavy atom. The van der Waals surface area contributed by atoms with E-state index in [-0.39, 0.29) is 24.3 Å². The molecule has 140 valence electrons. The number of aryl methyl sites for hydroxylation is 1. The van der Waals surface area contributed by atoms with Gasteiger partial charge in [0, 0.05) is 24.1 Å². The summed E-state index contributed by atoms with van der Waals surface area (Å²) < 4.78 is 6.94. The van der Waals surface area contributed by atoms with Gasteiger partial charge < -0.3 is 14.3 Å². The summed E-state index contributed by atoms with van der Waals surface area (Å²) >= 11 is 0. The van der Waals surface area contributed by atoms with Crippen LogP contribution in [0.3, 0.4) is 0 Å². The Morgan fingerprint density at radius 2 is 1.96 bits per heavy atom. The van der Waals surface area contributed by atoms with Crippen molar-refractivity contribution < 1.29 is 14.0 Å². The van der Waals surface area contributed by atoms with Crippen LogP contribution in [0, 0.1) is 6.92 Å². The van der Waals surface area contributed by atoms with Crippen molar-refractivity contribution in [1.29, 1.82) is 0 Å². The summed E-state index contributed by atoms with van der Waals surface area (Å²) in [6, 6.07) is 11.1. The van der Waals surface area contributed by atoms with E-state index in [1.165, 1.54) is 12.3 Å². The van der Waals surface area contributed by atoms with Gasteiger partial charge in [-0.3, -0.25) is 20.4 Å². The molecule has 8 nitrogen and oxygen atoms in total. The van der Waals surface area contributed by atoms with Gasteiger partial charge >= 0.3 is 5.91 Å². The van der Waals surface area contributed by atoms with Crippen LogP contribution in [0.4, 0.5) is 0 Å². The minimum Gasteiger partial charge on any atom is -0.459 e. The highest BCUT2D eigenvalue weighted by Gasteiger charge is 2.11. The van der Waals surface area contributed by atoms with Crippen molar-refractivity contribution in [1.82, 2.24) is 25.7 Å². The van der Waals surface area contributed by atoms with Crippen molar-refractivity contribution in [2.24, 2.45) is 0 Å². The first-order valence-corrected chi connectivity index (χ1v) is 8.51. The molecule has 3 aromatic rings. The van der Waals surface area contributed by atoms with Crippen molar-refractivity contribution in [2.45, 2.75) is 19.9 Å². The molecule has 0 aliphatic heterocycles. The Bertz CT molecular complexity index is 900. The van der Waals surface area contributed by atoms with E-state index >= 15 is 0 Å². The molecule has 0 saturated heterocycles. The summed E-state index contributed by atoms with van der Waals surface area (Å²) in [5.74, 6) is 0.186. The second-order valence-electron chi connectivity index (χ2n) is 6.02. The fourth-order valence-corrected chi connectivity index (χ4v) is 2.58. The Labute approximate surface area is 156 Å². The molecule has 0 aliphatic rings. The molecule has 1 atom stereocenters. The Hall–Kier alpha value is -3.39. The first-order chi connectivity index (χ1) is 13.0. The Balaban J connectivity index is 1.47. The molecular formula is C19H21N5O3. The summed E-state index contributed by atoms with van der Waals surface area (Å²) in [6.45, 7) is 3.97. The number of imidazole rings is 1. The van der Waals surface area contributed by atoms with Crippen LogP contribution >= 0.6 is 0 Å². The molecule has 2 amide bonds. The molecule has 0 fully saturated rings. The van der Waals surface area contributed by atoms with Crippen molar-refractivity contribution in [3.05, 3.63) is 72.2 Å². The topological polar surface area (TPSA) is 101 Å². The summed E-state index contributed by atoms with van der Waals surface area (Å²) in [7, 11) is 0. The van der Waals surface area contributed by atoms with Gasteiger partial charge in [0.25, 0.3) is 5.91 Å².